The Morgan fingerprint density at radius 3 is 2.58 bits per heavy atom. The van der Waals surface area contributed by atoms with E-state index in [1.807, 2.05) is 13.8 Å². The molecule has 2 atom stereocenters. The lowest BCUT2D eigenvalue weighted by Gasteiger charge is -2.24. The lowest BCUT2D eigenvalue weighted by molar-refractivity contribution is -0.136. The van der Waals surface area contributed by atoms with Crippen molar-refractivity contribution in [3.63, 3.8) is 0 Å². The maximum atomic E-state index is 12.0. The van der Waals surface area contributed by atoms with Gasteiger partial charge in [-0.15, -0.1) is 0 Å². The maximum absolute atomic E-state index is 12.0. The molecule has 19 heavy (non-hydrogen) atoms. The van der Waals surface area contributed by atoms with Crippen LogP contribution in [0, 0.1) is 5.92 Å². The Balaban J connectivity index is 4.04. The SMILES string of the molecule is CCC(C)C(N)C(=O)N(C)CC(=O)NCCCOC. The van der Waals surface area contributed by atoms with Gasteiger partial charge in [-0.05, 0) is 12.3 Å². The first-order valence-electron chi connectivity index (χ1n) is 6.70. The van der Waals surface area contributed by atoms with Crippen LogP contribution in [0.1, 0.15) is 26.7 Å². The molecule has 0 spiro atoms. The van der Waals surface area contributed by atoms with Crippen molar-refractivity contribution < 1.29 is 14.3 Å². The van der Waals surface area contributed by atoms with Crippen LogP contribution in [0.25, 0.3) is 0 Å². The molecule has 6 heteroatoms. The zero-order valence-corrected chi connectivity index (χ0v) is 12.4. The lowest BCUT2D eigenvalue weighted by atomic mass is 9.99. The molecule has 0 aromatic heterocycles. The minimum absolute atomic E-state index is 0.0376. The quantitative estimate of drug-likeness (QED) is 0.578. The summed E-state index contributed by atoms with van der Waals surface area (Å²) in [6.45, 7) is 5.11. The number of ether oxygens (including phenoxy) is 1. The molecule has 0 bridgehead atoms. The van der Waals surface area contributed by atoms with Crippen molar-refractivity contribution in [2.45, 2.75) is 32.7 Å². The molecule has 3 N–H and O–H groups in total. The number of nitrogens with zero attached hydrogens (tertiary/aromatic N) is 1. The first kappa shape index (κ1) is 17.9. The summed E-state index contributed by atoms with van der Waals surface area (Å²) in [5.41, 5.74) is 5.85. The molecular formula is C13H27N3O3. The van der Waals surface area contributed by atoms with Gasteiger partial charge in [0, 0.05) is 27.3 Å². The number of carbonyl (C=O) groups excluding carboxylic acids is 2. The summed E-state index contributed by atoms with van der Waals surface area (Å²) in [6.07, 6.45) is 1.59. The van der Waals surface area contributed by atoms with Crippen LogP contribution in [0.3, 0.4) is 0 Å². The van der Waals surface area contributed by atoms with Crippen molar-refractivity contribution in [2.75, 3.05) is 33.9 Å². The summed E-state index contributed by atoms with van der Waals surface area (Å²) in [7, 11) is 3.21. The zero-order chi connectivity index (χ0) is 14.8. The third kappa shape index (κ3) is 7.12. The molecule has 2 unspecified atom stereocenters. The average Bonchev–Trinajstić information content (AvgIpc) is 2.40. The van der Waals surface area contributed by atoms with Gasteiger partial charge in [0.15, 0.2) is 0 Å². The predicted molar refractivity (Wildman–Crippen MR) is 74.6 cm³/mol. The number of methoxy groups -OCH3 is 1. The van der Waals surface area contributed by atoms with Crippen LogP contribution in [0.5, 0.6) is 0 Å². The Bertz CT molecular complexity index is 284. The molecule has 2 amide bonds. The van der Waals surface area contributed by atoms with Crippen LogP contribution in [-0.2, 0) is 14.3 Å². The van der Waals surface area contributed by atoms with E-state index in [1.54, 1.807) is 14.2 Å². The molecule has 0 aliphatic rings. The summed E-state index contributed by atoms with van der Waals surface area (Å²) < 4.78 is 4.88. The third-order valence-electron chi connectivity index (χ3n) is 3.15. The highest BCUT2D eigenvalue weighted by Gasteiger charge is 2.23. The van der Waals surface area contributed by atoms with Crippen LogP contribution in [0.4, 0.5) is 0 Å². The van der Waals surface area contributed by atoms with Crippen molar-refractivity contribution in [3.8, 4) is 0 Å². The fourth-order valence-corrected chi connectivity index (χ4v) is 1.55. The number of nitrogens with two attached hydrogens (primary N) is 1. The van der Waals surface area contributed by atoms with Gasteiger partial charge in [-0.3, -0.25) is 9.59 Å². The smallest absolute Gasteiger partial charge is 0.239 e. The Labute approximate surface area is 115 Å². The molecular weight excluding hydrogens is 246 g/mol. The van der Waals surface area contributed by atoms with E-state index in [-0.39, 0.29) is 24.3 Å². The normalized spacial score (nSPS) is 13.7. The van der Waals surface area contributed by atoms with Crippen LogP contribution in [0.2, 0.25) is 0 Å². The molecule has 0 aliphatic heterocycles. The Kier molecular flexibility index (Phi) is 9.16. The van der Waals surface area contributed by atoms with Crippen molar-refractivity contribution in [1.82, 2.24) is 10.2 Å². The van der Waals surface area contributed by atoms with Gasteiger partial charge >= 0.3 is 0 Å². The second-order valence-electron chi connectivity index (χ2n) is 4.80. The molecule has 0 rings (SSSR count). The molecule has 0 heterocycles. The molecule has 0 aromatic carbocycles. The summed E-state index contributed by atoms with van der Waals surface area (Å²) in [6, 6.07) is -0.545. The second kappa shape index (κ2) is 9.75. The Hall–Kier alpha value is -1.14. The van der Waals surface area contributed by atoms with Gasteiger partial charge in [0.25, 0.3) is 0 Å². The van der Waals surface area contributed by atoms with E-state index < -0.39 is 6.04 Å². The second-order valence-corrected chi connectivity index (χ2v) is 4.80. The van der Waals surface area contributed by atoms with Gasteiger partial charge in [0.2, 0.25) is 11.8 Å². The van der Waals surface area contributed by atoms with Crippen LogP contribution in [0.15, 0.2) is 0 Å². The van der Waals surface area contributed by atoms with E-state index >= 15 is 0 Å². The number of rotatable bonds is 9. The van der Waals surface area contributed by atoms with Crippen molar-refractivity contribution in [3.05, 3.63) is 0 Å². The molecule has 0 aromatic rings. The van der Waals surface area contributed by atoms with E-state index in [0.717, 1.165) is 12.8 Å². The van der Waals surface area contributed by atoms with Crippen molar-refractivity contribution in [1.29, 1.82) is 0 Å². The lowest BCUT2D eigenvalue weighted by Crippen LogP contribution is -2.48. The predicted octanol–water partition coefficient (Wildman–Crippen LogP) is -0.0291. The van der Waals surface area contributed by atoms with E-state index in [9.17, 15) is 9.59 Å². The fraction of sp³-hybridized carbons (Fsp3) is 0.846. The van der Waals surface area contributed by atoms with E-state index in [4.69, 9.17) is 10.5 Å². The van der Waals surface area contributed by atoms with Crippen molar-refractivity contribution >= 4 is 11.8 Å². The van der Waals surface area contributed by atoms with Crippen LogP contribution < -0.4 is 11.1 Å². The van der Waals surface area contributed by atoms with Gasteiger partial charge in [0.05, 0.1) is 12.6 Å². The largest absolute Gasteiger partial charge is 0.385 e. The molecule has 0 saturated carbocycles. The zero-order valence-electron chi connectivity index (χ0n) is 12.4. The Morgan fingerprint density at radius 2 is 2.05 bits per heavy atom. The molecule has 0 saturated heterocycles. The fourth-order valence-electron chi connectivity index (χ4n) is 1.55. The number of carbonyl (C=O) groups is 2. The minimum Gasteiger partial charge on any atom is -0.385 e. The first-order valence-corrected chi connectivity index (χ1v) is 6.70. The summed E-state index contributed by atoms with van der Waals surface area (Å²) in [5, 5.41) is 2.73. The van der Waals surface area contributed by atoms with Gasteiger partial charge in [0.1, 0.15) is 0 Å². The summed E-state index contributed by atoms with van der Waals surface area (Å²) in [5.74, 6) is -0.260. The highest BCUT2D eigenvalue weighted by molar-refractivity contribution is 5.87. The number of hydrogen-bond acceptors (Lipinski definition) is 4. The topological polar surface area (TPSA) is 84.7 Å². The van der Waals surface area contributed by atoms with Gasteiger partial charge in [-0.2, -0.15) is 0 Å². The van der Waals surface area contributed by atoms with Crippen LogP contribution in [-0.4, -0.2) is 56.6 Å². The number of amides is 2. The monoisotopic (exact) mass is 273 g/mol. The summed E-state index contributed by atoms with van der Waals surface area (Å²) >= 11 is 0. The van der Waals surface area contributed by atoms with Crippen LogP contribution >= 0.6 is 0 Å². The summed E-state index contributed by atoms with van der Waals surface area (Å²) in [4.78, 5) is 24.9. The van der Waals surface area contributed by atoms with Gasteiger partial charge in [-0.1, -0.05) is 20.3 Å². The standard InChI is InChI=1S/C13H27N3O3/c1-5-10(2)12(14)13(18)16(3)9-11(17)15-7-6-8-19-4/h10,12H,5-9,14H2,1-4H3,(H,15,17). The molecule has 0 aliphatic carbocycles. The van der Waals surface area contributed by atoms with E-state index in [1.165, 1.54) is 4.90 Å². The first-order chi connectivity index (χ1) is 8.93. The molecule has 0 fully saturated rings. The van der Waals surface area contributed by atoms with Crippen molar-refractivity contribution in [2.24, 2.45) is 11.7 Å². The van der Waals surface area contributed by atoms with E-state index in [2.05, 4.69) is 5.32 Å². The number of hydrogen-bond donors (Lipinski definition) is 2. The third-order valence-corrected chi connectivity index (χ3v) is 3.15. The molecule has 0 radical (unpaired) electrons. The molecule has 6 nitrogen and oxygen atoms in total. The Morgan fingerprint density at radius 1 is 1.42 bits per heavy atom. The average molecular weight is 273 g/mol. The number of likely N-dealkylation sites (N-methyl/N-ethyl adjacent to an activating group) is 1. The van der Waals surface area contributed by atoms with E-state index in [0.29, 0.717) is 13.2 Å². The van der Waals surface area contributed by atoms with Gasteiger partial charge < -0.3 is 20.7 Å². The molecule has 112 valence electrons. The minimum atomic E-state index is -0.545. The maximum Gasteiger partial charge on any atom is 0.239 e. The highest BCUT2D eigenvalue weighted by atomic mass is 16.5. The highest BCUT2D eigenvalue weighted by Crippen LogP contribution is 2.07. The number of nitrogens with one attached hydrogen (secondary N) is 1. The van der Waals surface area contributed by atoms with Gasteiger partial charge in [-0.25, -0.2) is 0 Å².